The van der Waals surface area contributed by atoms with Crippen LogP contribution in [0.4, 0.5) is 8.78 Å². The Balaban J connectivity index is 1.71. The lowest BCUT2D eigenvalue weighted by molar-refractivity contribution is -0.152. The number of likely N-dealkylation sites (tertiary alicyclic amines) is 1. The molecule has 1 saturated heterocycles. The van der Waals surface area contributed by atoms with Crippen molar-refractivity contribution in [3.63, 3.8) is 0 Å². The van der Waals surface area contributed by atoms with Crippen LogP contribution in [0.1, 0.15) is 43.7 Å². The molecule has 2 fully saturated rings. The number of alkyl halides is 1. The summed E-state index contributed by atoms with van der Waals surface area (Å²) in [5.41, 5.74) is -0.848. The minimum Gasteiger partial charge on any atom is -0.481 e. The number of carboxylic acid groups (broad SMARTS) is 1. The molecule has 22 heavy (non-hydrogen) atoms. The number of benzene rings is 1. The molecule has 1 aliphatic carbocycles. The number of hydrogen-bond acceptors (Lipinski definition) is 2. The molecule has 1 aromatic rings. The van der Waals surface area contributed by atoms with Crippen LogP contribution in [-0.2, 0) is 17.0 Å². The molecular weight excluding hydrogens is 288 g/mol. The van der Waals surface area contributed by atoms with Gasteiger partial charge in [0.15, 0.2) is 0 Å². The lowest BCUT2D eigenvalue weighted by Crippen LogP contribution is -2.41. The molecule has 3 nitrogen and oxygen atoms in total. The third kappa shape index (κ3) is 2.74. The van der Waals surface area contributed by atoms with E-state index in [4.69, 9.17) is 5.11 Å². The predicted molar refractivity (Wildman–Crippen MR) is 78.7 cm³/mol. The highest BCUT2D eigenvalue weighted by molar-refractivity contribution is 5.72. The van der Waals surface area contributed by atoms with Gasteiger partial charge >= 0.3 is 5.97 Å². The Bertz CT molecular complexity index is 584. The highest BCUT2D eigenvalue weighted by Gasteiger charge is 2.49. The van der Waals surface area contributed by atoms with Gasteiger partial charge < -0.3 is 5.11 Å². The molecule has 3 rings (SSSR count). The zero-order valence-corrected chi connectivity index (χ0v) is 12.7. The maximum absolute atomic E-state index is 14.6. The highest BCUT2D eigenvalue weighted by atomic mass is 19.1. The van der Waals surface area contributed by atoms with Gasteiger partial charge in [-0.25, -0.2) is 8.78 Å². The first-order valence-electron chi connectivity index (χ1n) is 7.84. The largest absolute Gasteiger partial charge is 0.481 e. The summed E-state index contributed by atoms with van der Waals surface area (Å²) in [7, 11) is 0. The van der Waals surface area contributed by atoms with Gasteiger partial charge in [-0.1, -0.05) is 12.1 Å². The van der Waals surface area contributed by atoms with E-state index in [-0.39, 0.29) is 18.4 Å². The van der Waals surface area contributed by atoms with Gasteiger partial charge in [0, 0.05) is 18.2 Å². The van der Waals surface area contributed by atoms with Gasteiger partial charge in [0.1, 0.15) is 11.5 Å². The van der Waals surface area contributed by atoms with Crippen LogP contribution >= 0.6 is 0 Å². The second kappa shape index (κ2) is 5.61. The van der Waals surface area contributed by atoms with Crippen LogP contribution in [0.15, 0.2) is 18.2 Å². The molecular formula is C17H21F2NO2. The van der Waals surface area contributed by atoms with Crippen molar-refractivity contribution in [1.82, 2.24) is 4.90 Å². The molecule has 1 aliphatic heterocycles. The van der Waals surface area contributed by atoms with E-state index in [0.29, 0.717) is 18.2 Å². The van der Waals surface area contributed by atoms with Crippen molar-refractivity contribution in [2.45, 2.75) is 50.9 Å². The Labute approximate surface area is 128 Å². The van der Waals surface area contributed by atoms with E-state index < -0.39 is 23.4 Å². The van der Waals surface area contributed by atoms with Crippen LogP contribution in [0.5, 0.6) is 0 Å². The van der Waals surface area contributed by atoms with Crippen molar-refractivity contribution in [3.05, 3.63) is 35.1 Å². The molecule has 2 aliphatic rings. The van der Waals surface area contributed by atoms with E-state index in [2.05, 4.69) is 11.8 Å². The standard InChI is InChI=1S/C17H21F2NO2/c1-11-3-2-6-20(11)10-12-4-5-14(7-15(12)18)17(19)8-13(9-17)16(21)22/h4-5,7,11,13H,2-3,6,8-10H2,1H3,(H,21,22)/t11-,13?,17?/m0/s1. The van der Waals surface area contributed by atoms with E-state index in [1.54, 1.807) is 12.1 Å². The summed E-state index contributed by atoms with van der Waals surface area (Å²) in [6.07, 6.45) is 2.13. The Morgan fingerprint density at radius 3 is 2.73 bits per heavy atom. The van der Waals surface area contributed by atoms with Crippen molar-refractivity contribution >= 4 is 5.97 Å². The Hall–Kier alpha value is -1.49. The van der Waals surface area contributed by atoms with E-state index in [1.165, 1.54) is 6.07 Å². The van der Waals surface area contributed by atoms with Gasteiger partial charge in [-0.2, -0.15) is 0 Å². The number of nitrogens with zero attached hydrogens (tertiary/aromatic N) is 1. The van der Waals surface area contributed by atoms with Crippen molar-refractivity contribution in [2.24, 2.45) is 5.92 Å². The van der Waals surface area contributed by atoms with Crippen LogP contribution in [0.3, 0.4) is 0 Å². The quantitative estimate of drug-likeness (QED) is 0.926. The molecule has 1 heterocycles. The number of aliphatic carboxylic acids is 1. The molecule has 0 aromatic heterocycles. The Morgan fingerprint density at radius 1 is 1.45 bits per heavy atom. The van der Waals surface area contributed by atoms with E-state index in [9.17, 15) is 13.6 Å². The van der Waals surface area contributed by atoms with Crippen LogP contribution in [-0.4, -0.2) is 28.6 Å². The summed E-state index contributed by atoms with van der Waals surface area (Å²) in [5.74, 6) is -2.03. The Morgan fingerprint density at radius 2 is 2.18 bits per heavy atom. The van der Waals surface area contributed by atoms with E-state index in [0.717, 1.165) is 19.4 Å². The first kappa shape index (κ1) is 15.4. The maximum atomic E-state index is 14.6. The number of rotatable bonds is 4. The van der Waals surface area contributed by atoms with E-state index >= 15 is 0 Å². The zero-order valence-electron chi connectivity index (χ0n) is 12.7. The first-order chi connectivity index (χ1) is 10.4. The van der Waals surface area contributed by atoms with Gasteiger partial charge in [-0.3, -0.25) is 9.69 Å². The third-order valence-electron chi connectivity index (χ3n) is 5.12. The van der Waals surface area contributed by atoms with Crippen LogP contribution in [0, 0.1) is 11.7 Å². The number of hydrogen-bond donors (Lipinski definition) is 1. The summed E-state index contributed by atoms with van der Waals surface area (Å²) in [6, 6.07) is 4.95. The first-order valence-corrected chi connectivity index (χ1v) is 7.84. The molecule has 120 valence electrons. The second-order valence-electron chi connectivity index (χ2n) is 6.68. The molecule has 1 atom stereocenters. The number of carbonyl (C=O) groups is 1. The molecule has 1 aromatic carbocycles. The molecule has 1 saturated carbocycles. The lowest BCUT2D eigenvalue weighted by Gasteiger charge is -2.39. The van der Waals surface area contributed by atoms with Gasteiger partial charge in [0.05, 0.1) is 5.92 Å². The minimum atomic E-state index is -1.69. The SMILES string of the molecule is C[C@H]1CCCN1Cc1ccc(C2(F)CC(C(=O)O)C2)cc1F. The monoisotopic (exact) mass is 309 g/mol. The molecule has 0 radical (unpaired) electrons. The topological polar surface area (TPSA) is 40.5 Å². The maximum Gasteiger partial charge on any atom is 0.306 e. The van der Waals surface area contributed by atoms with Gasteiger partial charge in [0.2, 0.25) is 0 Å². The lowest BCUT2D eigenvalue weighted by atomic mass is 9.68. The molecule has 0 amide bonds. The number of halogens is 2. The van der Waals surface area contributed by atoms with Gasteiger partial charge in [0.25, 0.3) is 0 Å². The van der Waals surface area contributed by atoms with Crippen LogP contribution in [0.25, 0.3) is 0 Å². The second-order valence-corrected chi connectivity index (χ2v) is 6.68. The van der Waals surface area contributed by atoms with Crippen molar-refractivity contribution in [3.8, 4) is 0 Å². The molecule has 0 spiro atoms. The molecule has 0 bridgehead atoms. The summed E-state index contributed by atoms with van der Waals surface area (Å²) >= 11 is 0. The molecule has 0 unspecified atom stereocenters. The summed E-state index contributed by atoms with van der Waals surface area (Å²) in [5, 5.41) is 8.85. The summed E-state index contributed by atoms with van der Waals surface area (Å²) in [4.78, 5) is 13.0. The summed E-state index contributed by atoms with van der Waals surface area (Å²) in [6.45, 7) is 3.65. The highest BCUT2D eigenvalue weighted by Crippen LogP contribution is 2.49. The van der Waals surface area contributed by atoms with Crippen molar-refractivity contribution in [2.75, 3.05) is 6.54 Å². The van der Waals surface area contributed by atoms with E-state index in [1.807, 2.05) is 0 Å². The average molecular weight is 309 g/mol. The smallest absolute Gasteiger partial charge is 0.306 e. The third-order valence-corrected chi connectivity index (χ3v) is 5.12. The average Bonchev–Trinajstić information content (AvgIpc) is 2.82. The normalized spacial score (nSPS) is 32.0. The van der Waals surface area contributed by atoms with Crippen molar-refractivity contribution < 1.29 is 18.7 Å². The summed E-state index contributed by atoms with van der Waals surface area (Å²) < 4.78 is 28.9. The van der Waals surface area contributed by atoms with Gasteiger partial charge in [-0.15, -0.1) is 0 Å². The Kier molecular flexibility index (Phi) is 3.93. The van der Waals surface area contributed by atoms with Crippen molar-refractivity contribution in [1.29, 1.82) is 0 Å². The molecule has 5 heteroatoms. The van der Waals surface area contributed by atoms with Crippen LogP contribution < -0.4 is 0 Å². The minimum absolute atomic E-state index is 0.0652. The fourth-order valence-electron chi connectivity index (χ4n) is 3.53. The van der Waals surface area contributed by atoms with Crippen LogP contribution in [0.2, 0.25) is 0 Å². The number of carboxylic acids is 1. The predicted octanol–water partition coefficient (Wildman–Crippen LogP) is 3.47. The van der Waals surface area contributed by atoms with Gasteiger partial charge in [-0.05, 0) is 50.8 Å². The fourth-order valence-corrected chi connectivity index (χ4v) is 3.53. The zero-order chi connectivity index (χ0) is 15.9. The molecule has 1 N–H and O–H groups in total. The fraction of sp³-hybridized carbons (Fsp3) is 0.588.